The van der Waals surface area contributed by atoms with Gasteiger partial charge in [-0.3, -0.25) is 4.79 Å². The fraction of sp³-hybridized carbons (Fsp3) is 0.250. The molecule has 0 radical (unpaired) electrons. The standard InChI is InChI=1S/C20H22N4O2/c1-2-26-20(25)17(10-16-8-9-19(21)22-11-16)18-13-24(14-23-18)12-15-6-4-3-5-7-15/h3-9,11,13-14,17H,2,10,12H2,1H3,(H2,21,22). The van der Waals surface area contributed by atoms with Gasteiger partial charge >= 0.3 is 5.97 Å². The lowest BCUT2D eigenvalue weighted by atomic mass is 9.97. The van der Waals surface area contributed by atoms with Crippen LogP contribution in [0.1, 0.15) is 29.7 Å². The quantitative estimate of drug-likeness (QED) is 0.663. The van der Waals surface area contributed by atoms with Crippen LogP contribution < -0.4 is 5.73 Å². The lowest BCUT2D eigenvalue weighted by molar-refractivity contribution is -0.145. The van der Waals surface area contributed by atoms with Crippen LogP contribution in [0.5, 0.6) is 0 Å². The molecule has 0 spiro atoms. The van der Waals surface area contributed by atoms with E-state index in [0.29, 0.717) is 31.1 Å². The first kappa shape index (κ1) is 17.7. The molecular weight excluding hydrogens is 328 g/mol. The second-order valence-corrected chi connectivity index (χ2v) is 6.06. The van der Waals surface area contributed by atoms with E-state index in [0.717, 1.165) is 5.56 Å². The number of carbonyl (C=O) groups excluding carboxylic acids is 1. The summed E-state index contributed by atoms with van der Waals surface area (Å²) in [7, 11) is 0. The molecule has 1 aromatic carbocycles. The maximum atomic E-state index is 12.5. The summed E-state index contributed by atoms with van der Waals surface area (Å²) < 4.78 is 7.22. The van der Waals surface area contributed by atoms with Crippen LogP contribution in [0.25, 0.3) is 0 Å². The van der Waals surface area contributed by atoms with Gasteiger partial charge in [0.2, 0.25) is 0 Å². The third-order valence-corrected chi connectivity index (χ3v) is 4.08. The number of nitrogens with zero attached hydrogens (tertiary/aromatic N) is 3. The predicted octanol–water partition coefficient (Wildman–Crippen LogP) is 2.80. The molecule has 6 heteroatoms. The van der Waals surface area contributed by atoms with Crippen molar-refractivity contribution in [2.24, 2.45) is 0 Å². The predicted molar refractivity (Wildman–Crippen MR) is 99.5 cm³/mol. The van der Waals surface area contributed by atoms with E-state index in [1.165, 1.54) is 5.56 Å². The van der Waals surface area contributed by atoms with Gasteiger partial charge in [-0.2, -0.15) is 0 Å². The average Bonchev–Trinajstić information content (AvgIpc) is 3.10. The van der Waals surface area contributed by atoms with Gasteiger partial charge in [-0.25, -0.2) is 9.97 Å². The minimum absolute atomic E-state index is 0.283. The number of nitrogen functional groups attached to an aromatic ring is 1. The zero-order chi connectivity index (χ0) is 18.4. The second kappa shape index (κ2) is 8.29. The highest BCUT2D eigenvalue weighted by molar-refractivity contribution is 5.78. The van der Waals surface area contributed by atoms with E-state index < -0.39 is 5.92 Å². The number of esters is 1. The number of anilines is 1. The molecule has 134 valence electrons. The molecule has 1 atom stereocenters. The Hall–Kier alpha value is -3.15. The van der Waals surface area contributed by atoms with E-state index in [1.807, 2.05) is 35.0 Å². The van der Waals surface area contributed by atoms with Crippen molar-refractivity contribution >= 4 is 11.8 Å². The SMILES string of the molecule is CCOC(=O)C(Cc1ccc(N)nc1)c1cn(Cc2ccccc2)cn1. The number of hydrogen-bond acceptors (Lipinski definition) is 5. The lowest BCUT2D eigenvalue weighted by Crippen LogP contribution is -2.19. The Morgan fingerprint density at radius 1 is 1.15 bits per heavy atom. The van der Waals surface area contributed by atoms with E-state index in [4.69, 9.17) is 10.5 Å². The number of rotatable bonds is 7. The molecule has 0 bridgehead atoms. The third-order valence-electron chi connectivity index (χ3n) is 4.08. The van der Waals surface area contributed by atoms with Crippen LogP contribution in [-0.2, 0) is 22.5 Å². The molecular formula is C20H22N4O2. The van der Waals surface area contributed by atoms with Gasteiger partial charge in [-0.05, 0) is 30.5 Å². The Bertz CT molecular complexity index is 844. The van der Waals surface area contributed by atoms with E-state index in [1.54, 1.807) is 25.5 Å². The van der Waals surface area contributed by atoms with Gasteiger partial charge in [0.25, 0.3) is 0 Å². The zero-order valence-corrected chi connectivity index (χ0v) is 14.7. The highest BCUT2D eigenvalue weighted by atomic mass is 16.5. The molecule has 26 heavy (non-hydrogen) atoms. The summed E-state index contributed by atoms with van der Waals surface area (Å²) >= 11 is 0. The van der Waals surface area contributed by atoms with Crippen molar-refractivity contribution in [1.82, 2.24) is 14.5 Å². The summed E-state index contributed by atoms with van der Waals surface area (Å²) in [5, 5.41) is 0. The van der Waals surface area contributed by atoms with Crippen LogP contribution in [-0.4, -0.2) is 27.1 Å². The maximum Gasteiger partial charge on any atom is 0.315 e. The van der Waals surface area contributed by atoms with Crippen LogP contribution in [0.2, 0.25) is 0 Å². The molecule has 1 unspecified atom stereocenters. The molecule has 0 aliphatic heterocycles. The first-order chi connectivity index (χ1) is 12.7. The van der Waals surface area contributed by atoms with Crippen molar-refractivity contribution in [2.75, 3.05) is 12.3 Å². The molecule has 0 saturated carbocycles. The van der Waals surface area contributed by atoms with Gasteiger partial charge in [0.1, 0.15) is 11.7 Å². The summed E-state index contributed by atoms with van der Waals surface area (Å²) in [6.07, 6.45) is 5.80. The first-order valence-electron chi connectivity index (χ1n) is 8.58. The van der Waals surface area contributed by atoms with Crippen LogP contribution in [0, 0.1) is 0 Å². The fourth-order valence-electron chi connectivity index (χ4n) is 2.78. The van der Waals surface area contributed by atoms with Crippen LogP contribution in [0.3, 0.4) is 0 Å². The van der Waals surface area contributed by atoms with Gasteiger partial charge in [0.15, 0.2) is 0 Å². The zero-order valence-electron chi connectivity index (χ0n) is 14.7. The molecule has 0 saturated heterocycles. The molecule has 0 aliphatic carbocycles. The summed E-state index contributed by atoms with van der Waals surface area (Å²) in [4.78, 5) is 21.0. The maximum absolute atomic E-state index is 12.5. The highest BCUT2D eigenvalue weighted by Gasteiger charge is 2.25. The summed E-state index contributed by atoms with van der Waals surface area (Å²) in [6.45, 7) is 2.83. The van der Waals surface area contributed by atoms with Crippen molar-refractivity contribution in [3.63, 3.8) is 0 Å². The Morgan fingerprint density at radius 2 is 1.96 bits per heavy atom. The van der Waals surface area contributed by atoms with Gasteiger partial charge in [-0.1, -0.05) is 36.4 Å². The summed E-state index contributed by atoms with van der Waals surface area (Å²) in [5.74, 6) is -0.305. The number of imidazole rings is 1. The molecule has 2 N–H and O–H groups in total. The van der Waals surface area contributed by atoms with Crippen LogP contribution in [0.4, 0.5) is 5.82 Å². The number of ether oxygens (including phenoxy) is 1. The van der Waals surface area contributed by atoms with Gasteiger partial charge in [-0.15, -0.1) is 0 Å². The van der Waals surface area contributed by atoms with Gasteiger partial charge < -0.3 is 15.0 Å². The summed E-state index contributed by atoms with van der Waals surface area (Å²) in [6, 6.07) is 13.7. The van der Waals surface area contributed by atoms with Gasteiger partial charge in [0.05, 0.1) is 18.6 Å². The Morgan fingerprint density at radius 3 is 2.65 bits per heavy atom. The minimum Gasteiger partial charge on any atom is -0.465 e. The van der Waals surface area contributed by atoms with Crippen LogP contribution >= 0.6 is 0 Å². The average molecular weight is 350 g/mol. The molecule has 2 heterocycles. The number of carbonyl (C=O) groups is 1. The van der Waals surface area contributed by atoms with Crippen molar-refractivity contribution in [1.29, 1.82) is 0 Å². The monoisotopic (exact) mass is 350 g/mol. The summed E-state index contributed by atoms with van der Waals surface area (Å²) in [5.41, 5.74) is 8.41. The first-order valence-corrected chi connectivity index (χ1v) is 8.58. The molecule has 0 amide bonds. The molecule has 3 aromatic rings. The molecule has 0 aliphatic rings. The largest absolute Gasteiger partial charge is 0.465 e. The van der Waals surface area contributed by atoms with E-state index >= 15 is 0 Å². The van der Waals surface area contributed by atoms with E-state index in [9.17, 15) is 4.79 Å². The Labute approximate surface area is 152 Å². The number of nitrogens with two attached hydrogens (primary N) is 1. The minimum atomic E-state index is -0.475. The number of aromatic nitrogens is 3. The second-order valence-electron chi connectivity index (χ2n) is 6.06. The molecule has 2 aromatic heterocycles. The lowest BCUT2D eigenvalue weighted by Gasteiger charge is -2.13. The number of hydrogen-bond donors (Lipinski definition) is 1. The third kappa shape index (κ3) is 4.47. The Kier molecular flexibility index (Phi) is 5.63. The number of pyridine rings is 1. The van der Waals surface area contributed by atoms with Crippen molar-refractivity contribution in [3.05, 3.63) is 78.0 Å². The van der Waals surface area contributed by atoms with Crippen molar-refractivity contribution in [3.8, 4) is 0 Å². The van der Waals surface area contributed by atoms with Crippen molar-refractivity contribution in [2.45, 2.75) is 25.8 Å². The number of benzene rings is 1. The van der Waals surface area contributed by atoms with Crippen molar-refractivity contribution < 1.29 is 9.53 Å². The molecule has 6 nitrogen and oxygen atoms in total. The molecule has 3 rings (SSSR count). The van der Waals surface area contributed by atoms with Gasteiger partial charge in [0, 0.05) is 18.9 Å². The molecule has 0 fully saturated rings. The van der Waals surface area contributed by atoms with E-state index in [2.05, 4.69) is 22.1 Å². The Balaban J connectivity index is 1.80. The van der Waals surface area contributed by atoms with E-state index in [-0.39, 0.29) is 5.97 Å². The van der Waals surface area contributed by atoms with Crippen LogP contribution in [0.15, 0.2) is 61.2 Å². The fourth-order valence-corrected chi connectivity index (χ4v) is 2.78. The smallest absolute Gasteiger partial charge is 0.315 e. The topological polar surface area (TPSA) is 83.0 Å². The normalized spacial score (nSPS) is 11.9. The highest BCUT2D eigenvalue weighted by Crippen LogP contribution is 2.22.